The zero-order valence-electron chi connectivity index (χ0n) is 9.68. The minimum absolute atomic E-state index is 0.143. The van der Waals surface area contributed by atoms with Crippen molar-refractivity contribution in [2.75, 3.05) is 12.9 Å². The summed E-state index contributed by atoms with van der Waals surface area (Å²) >= 11 is 6.36. The first kappa shape index (κ1) is 13.6. The number of halogens is 1. The molecule has 0 amide bonds. The Balaban J connectivity index is 1.99. The number of ether oxygens (including phenoxy) is 1. The number of benzene rings is 1. The molecule has 5 heteroatoms. The van der Waals surface area contributed by atoms with Gasteiger partial charge < -0.3 is 4.74 Å². The summed E-state index contributed by atoms with van der Waals surface area (Å²) in [5, 5.41) is 1.91. The van der Waals surface area contributed by atoms with E-state index in [9.17, 15) is 4.79 Å². The van der Waals surface area contributed by atoms with E-state index in [4.69, 9.17) is 4.74 Å². The van der Waals surface area contributed by atoms with Gasteiger partial charge in [0.15, 0.2) is 5.78 Å². The van der Waals surface area contributed by atoms with E-state index in [1.165, 1.54) is 23.1 Å². The summed E-state index contributed by atoms with van der Waals surface area (Å²) in [6, 6.07) is 9.62. The van der Waals surface area contributed by atoms with Gasteiger partial charge in [-0.25, -0.2) is 0 Å². The molecule has 0 fully saturated rings. The number of carbonyl (C=O) groups is 1. The molecule has 1 aromatic carbocycles. The molecular formula is C13H11BrO2S2. The van der Waals surface area contributed by atoms with E-state index in [2.05, 4.69) is 15.9 Å². The van der Waals surface area contributed by atoms with Crippen LogP contribution in [0.25, 0.3) is 0 Å². The summed E-state index contributed by atoms with van der Waals surface area (Å²) in [5.74, 6) is 1.39. The lowest BCUT2D eigenvalue weighted by Crippen LogP contribution is -2.00. The number of rotatable bonds is 5. The first-order valence-electron chi connectivity index (χ1n) is 5.24. The first-order valence-corrected chi connectivity index (χ1v) is 7.89. The number of hydrogen-bond acceptors (Lipinski definition) is 4. The third kappa shape index (κ3) is 3.37. The van der Waals surface area contributed by atoms with Crippen molar-refractivity contribution in [3.8, 4) is 5.75 Å². The van der Waals surface area contributed by atoms with Gasteiger partial charge in [-0.2, -0.15) is 0 Å². The highest BCUT2D eigenvalue weighted by molar-refractivity contribution is 9.10. The fraction of sp³-hybridized carbons (Fsp3) is 0.154. The van der Waals surface area contributed by atoms with Gasteiger partial charge in [0, 0.05) is 9.37 Å². The largest absolute Gasteiger partial charge is 0.497 e. The molecule has 0 N–H and O–H groups in total. The van der Waals surface area contributed by atoms with Crippen LogP contribution in [0.2, 0.25) is 0 Å². The van der Waals surface area contributed by atoms with Crippen LogP contribution in [-0.2, 0) is 0 Å². The lowest BCUT2D eigenvalue weighted by atomic mass is 10.3. The van der Waals surface area contributed by atoms with Gasteiger partial charge in [-0.3, -0.25) is 4.79 Å². The molecule has 1 aromatic heterocycles. The summed E-state index contributed by atoms with van der Waals surface area (Å²) in [5.41, 5.74) is 0. The number of thioether (sulfide) groups is 1. The van der Waals surface area contributed by atoms with Crippen LogP contribution < -0.4 is 4.74 Å². The molecule has 18 heavy (non-hydrogen) atoms. The molecule has 0 aliphatic carbocycles. The summed E-state index contributed by atoms with van der Waals surface area (Å²) in [4.78, 5) is 13.8. The van der Waals surface area contributed by atoms with Gasteiger partial charge in [0.25, 0.3) is 0 Å². The molecule has 0 aliphatic heterocycles. The average molecular weight is 343 g/mol. The van der Waals surface area contributed by atoms with Crippen LogP contribution in [0.15, 0.2) is 45.1 Å². The molecule has 2 nitrogen and oxygen atoms in total. The smallest absolute Gasteiger partial charge is 0.184 e. The van der Waals surface area contributed by atoms with Gasteiger partial charge in [-0.15, -0.1) is 23.1 Å². The maximum Gasteiger partial charge on any atom is 0.184 e. The van der Waals surface area contributed by atoms with Crippen molar-refractivity contribution in [1.29, 1.82) is 0 Å². The highest BCUT2D eigenvalue weighted by Gasteiger charge is 2.11. The Morgan fingerprint density at radius 2 is 2.28 bits per heavy atom. The van der Waals surface area contributed by atoms with E-state index in [1.54, 1.807) is 7.11 Å². The highest BCUT2D eigenvalue weighted by Crippen LogP contribution is 2.27. The van der Waals surface area contributed by atoms with Crippen molar-refractivity contribution >= 4 is 44.8 Å². The van der Waals surface area contributed by atoms with Crippen LogP contribution in [0, 0.1) is 0 Å². The monoisotopic (exact) mass is 342 g/mol. The van der Waals surface area contributed by atoms with Crippen LogP contribution in [0.1, 0.15) is 9.67 Å². The van der Waals surface area contributed by atoms with E-state index in [1.807, 2.05) is 35.7 Å². The Morgan fingerprint density at radius 3 is 2.94 bits per heavy atom. The van der Waals surface area contributed by atoms with Crippen LogP contribution >= 0.6 is 39.0 Å². The lowest BCUT2D eigenvalue weighted by molar-refractivity contribution is 0.102. The number of Topliss-reactive ketones (excluding diaryl/α,β-unsaturated/α-hetero) is 1. The Morgan fingerprint density at radius 1 is 1.44 bits per heavy atom. The van der Waals surface area contributed by atoms with E-state index >= 15 is 0 Å². The third-order valence-corrected chi connectivity index (χ3v) is 5.15. The molecule has 0 radical (unpaired) electrons. The van der Waals surface area contributed by atoms with Crippen LogP contribution in [0.5, 0.6) is 5.75 Å². The third-order valence-electron chi connectivity index (χ3n) is 2.28. The van der Waals surface area contributed by atoms with Gasteiger partial charge in [-0.05, 0) is 45.6 Å². The summed E-state index contributed by atoms with van der Waals surface area (Å²) in [6.07, 6.45) is 0. The van der Waals surface area contributed by atoms with Crippen molar-refractivity contribution in [3.63, 3.8) is 0 Å². The topological polar surface area (TPSA) is 26.3 Å². The Hall–Kier alpha value is -0.780. The molecule has 0 saturated heterocycles. The molecule has 0 spiro atoms. The lowest BCUT2D eigenvalue weighted by Gasteiger charge is -2.03. The summed E-state index contributed by atoms with van der Waals surface area (Å²) < 4.78 is 6.03. The molecule has 0 atom stereocenters. The highest BCUT2D eigenvalue weighted by atomic mass is 79.9. The standard InChI is InChI=1S/C13H11BrO2S2/c1-16-9-3-2-4-10(7-9)18-8-12(15)13-11(14)5-6-17-13/h2-7H,8H2,1H3. The minimum Gasteiger partial charge on any atom is -0.497 e. The molecule has 2 rings (SSSR count). The van der Waals surface area contributed by atoms with Crippen molar-refractivity contribution in [1.82, 2.24) is 0 Å². The van der Waals surface area contributed by atoms with Crippen LogP contribution in [0.3, 0.4) is 0 Å². The maximum atomic E-state index is 12.0. The van der Waals surface area contributed by atoms with Crippen molar-refractivity contribution in [2.45, 2.75) is 4.90 Å². The number of ketones is 1. The quantitative estimate of drug-likeness (QED) is 0.591. The van der Waals surface area contributed by atoms with Crippen molar-refractivity contribution < 1.29 is 9.53 Å². The van der Waals surface area contributed by atoms with Gasteiger partial charge in [0.1, 0.15) is 5.75 Å². The second-order valence-electron chi connectivity index (χ2n) is 3.49. The fourth-order valence-electron chi connectivity index (χ4n) is 1.40. The average Bonchev–Trinajstić information content (AvgIpc) is 2.82. The molecule has 0 saturated carbocycles. The minimum atomic E-state index is 0.143. The SMILES string of the molecule is COc1cccc(SCC(=O)c2sccc2Br)c1. The molecule has 94 valence electrons. The van der Waals surface area contributed by atoms with E-state index in [-0.39, 0.29) is 5.78 Å². The van der Waals surface area contributed by atoms with Gasteiger partial charge >= 0.3 is 0 Å². The number of thiophene rings is 1. The molecule has 0 unspecified atom stereocenters. The van der Waals surface area contributed by atoms with Crippen LogP contribution in [-0.4, -0.2) is 18.6 Å². The van der Waals surface area contributed by atoms with E-state index in [0.29, 0.717) is 5.75 Å². The fourth-order valence-corrected chi connectivity index (χ4v) is 3.84. The van der Waals surface area contributed by atoms with Gasteiger partial charge in [0.2, 0.25) is 0 Å². The Bertz CT molecular complexity index is 551. The maximum absolute atomic E-state index is 12.0. The van der Waals surface area contributed by atoms with Gasteiger partial charge in [-0.1, -0.05) is 6.07 Å². The number of carbonyl (C=O) groups excluding carboxylic acids is 1. The van der Waals surface area contributed by atoms with Crippen LogP contribution in [0.4, 0.5) is 0 Å². The predicted octanol–water partition coefficient (Wildman–Crippen LogP) is 4.49. The normalized spacial score (nSPS) is 10.3. The Labute approximate surface area is 122 Å². The molecule has 1 heterocycles. The zero-order chi connectivity index (χ0) is 13.0. The Kier molecular flexibility index (Phi) is 4.86. The van der Waals surface area contributed by atoms with E-state index in [0.717, 1.165) is 20.0 Å². The summed E-state index contributed by atoms with van der Waals surface area (Å²) in [7, 11) is 1.64. The second-order valence-corrected chi connectivity index (χ2v) is 6.31. The molecular weight excluding hydrogens is 332 g/mol. The second kappa shape index (κ2) is 6.41. The summed E-state index contributed by atoms with van der Waals surface area (Å²) in [6.45, 7) is 0. The van der Waals surface area contributed by atoms with Gasteiger partial charge in [0.05, 0.1) is 17.7 Å². The molecule has 0 bridgehead atoms. The molecule has 0 aliphatic rings. The predicted molar refractivity (Wildman–Crippen MR) is 80.1 cm³/mol. The molecule has 2 aromatic rings. The van der Waals surface area contributed by atoms with E-state index < -0.39 is 0 Å². The van der Waals surface area contributed by atoms with Crippen molar-refractivity contribution in [3.05, 3.63) is 45.1 Å². The number of hydrogen-bond donors (Lipinski definition) is 0. The first-order chi connectivity index (χ1) is 8.70. The zero-order valence-corrected chi connectivity index (χ0v) is 12.9. The number of methoxy groups -OCH3 is 1. The van der Waals surface area contributed by atoms with Crippen molar-refractivity contribution in [2.24, 2.45) is 0 Å².